The fourth-order valence-electron chi connectivity index (χ4n) is 4.54. The van der Waals surface area contributed by atoms with E-state index in [1.54, 1.807) is 42.5 Å². The van der Waals surface area contributed by atoms with Gasteiger partial charge in [-0.2, -0.15) is 0 Å². The number of anilines is 1. The standard InChI is InChI=1S/C33H34N2O4S/c1-33(2,3)23-40(38,39)30-19-11-16-26-27(30)17-10-18-28(26)35-32(37)29(22-25-14-8-5-9-15-25)34-31(36)21-20-24-12-6-4-7-13-24/h4-21,29H,22-23H2,1-3H3,(H,34,36)(H,35,37)/b21-20+/t29-/m0/s1. The average Bonchev–Trinajstić information content (AvgIpc) is 2.91. The third kappa shape index (κ3) is 7.67. The van der Waals surface area contributed by atoms with Crippen molar-refractivity contribution in [2.45, 2.75) is 38.1 Å². The first kappa shape index (κ1) is 28.8. The topological polar surface area (TPSA) is 92.3 Å². The van der Waals surface area contributed by atoms with E-state index in [4.69, 9.17) is 0 Å². The molecule has 0 saturated carbocycles. The zero-order valence-corrected chi connectivity index (χ0v) is 23.7. The Hall–Kier alpha value is -4.23. The van der Waals surface area contributed by atoms with Gasteiger partial charge in [0.15, 0.2) is 9.84 Å². The molecule has 0 spiro atoms. The van der Waals surface area contributed by atoms with Gasteiger partial charge in [0, 0.05) is 29.0 Å². The molecule has 0 aliphatic heterocycles. The highest BCUT2D eigenvalue weighted by Crippen LogP contribution is 2.31. The maximum absolute atomic E-state index is 13.6. The summed E-state index contributed by atoms with van der Waals surface area (Å²) < 4.78 is 26.5. The van der Waals surface area contributed by atoms with E-state index in [-0.39, 0.29) is 17.1 Å². The Bertz CT molecular complexity index is 1620. The van der Waals surface area contributed by atoms with Gasteiger partial charge in [-0.25, -0.2) is 8.42 Å². The van der Waals surface area contributed by atoms with Crippen molar-refractivity contribution in [1.29, 1.82) is 0 Å². The number of fused-ring (bicyclic) bond motifs is 1. The fraction of sp³-hybridized carbons (Fsp3) is 0.212. The second-order valence-electron chi connectivity index (χ2n) is 11.0. The molecule has 40 heavy (non-hydrogen) atoms. The lowest BCUT2D eigenvalue weighted by molar-refractivity contribution is -0.123. The zero-order chi connectivity index (χ0) is 28.8. The molecule has 4 aromatic carbocycles. The van der Waals surface area contributed by atoms with Gasteiger partial charge in [-0.3, -0.25) is 9.59 Å². The Morgan fingerprint density at radius 2 is 1.43 bits per heavy atom. The molecule has 0 saturated heterocycles. The van der Waals surface area contributed by atoms with E-state index >= 15 is 0 Å². The van der Waals surface area contributed by atoms with Gasteiger partial charge in [-0.15, -0.1) is 0 Å². The van der Waals surface area contributed by atoms with Crippen molar-refractivity contribution in [1.82, 2.24) is 5.32 Å². The van der Waals surface area contributed by atoms with Crippen LogP contribution in [0.1, 0.15) is 31.9 Å². The molecule has 4 aromatic rings. The van der Waals surface area contributed by atoms with Gasteiger partial charge in [0.1, 0.15) is 6.04 Å². The first-order valence-corrected chi connectivity index (χ1v) is 14.8. The summed E-state index contributed by atoms with van der Waals surface area (Å²) in [6.45, 7) is 5.66. The molecule has 4 rings (SSSR count). The highest BCUT2D eigenvalue weighted by atomic mass is 32.2. The molecule has 0 radical (unpaired) electrons. The van der Waals surface area contributed by atoms with E-state index in [9.17, 15) is 18.0 Å². The lowest BCUT2D eigenvalue weighted by Crippen LogP contribution is -2.44. The van der Waals surface area contributed by atoms with Crippen LogP contribution in [-0.4, -0.2) is 32.0 Å². The Morgan fingerprint density at radius 3 is 2.10 bits per heavy atom. The maximum Gasteiger partial charge on any atom is 0.247 e. The third-order valence-corrected chi connectivity index (χ3v) is 8.51. The molecule has 1 atom stereocenters. The Kier molecular flexibility index (Phi) is 8.85. The summed E-state index contributed by atoms with van der Waals surface area (Å²) in [7, 11) is -3.57. The Balaban J connectivity index is 1.61. The van der Waals surface area contributed by atoms with E-state index in [2.05, 4.69) is 10.6 Å². The predicted octanol–water partition coefficient (Wildman–Crippen LogP) is 6.04. The number of carbonyl (C=O) groups is 2. The molecular weight excluding hydrogens is 520 g/mol. The minimum Gasteiger partial charge on any atom is -0.340 e. The summed E-state index contributed by atoms with van der Waals surface area (Å²) in [6, 6.07) is 28.3. The lowest BCUT2D eigenvalue weighted by Gasteiger charge is -2.20. The minimum atomic E-state index is -3.57. The summed E-state index contributed by atoms with van der Waals surface area (Å²) >= 11 is 0. The van der Waals surface area contributed by atoms with Crippen molar-refractivity contribution in [3.8, 4) is 0 Å². The van der Waals surface area contributed by atoms with E-state index in [0.717, 1.165) is 11.1 Å². The monoisotopic (exact) mass is 554 g/mol. The molecule has 0 aliphatic carbocycles. The van der Waals surface area contributed by atoms with Crippen molar-refractivity contribution in [2.75, 3.05) is 11.1 Å². The van der Waals surface area contributed by atoms with Crippen LogP contribution in [0.25, 0.3) is 16.8 Å². The lowest BCUT2D eigenvalue weighted by atomic mass is 10.0. The van der Waals surface area contributed by atoms with Crippen LogP contribution in [0.15, 0.2) is 108 Å². The fourth-order valence-corrected chi connectivity index (χ4v) is 6.64. The molecule has 2 amide bonds. The van der Waals surface area contributed by atoms with Crippen molar-refractivity contribution >= 4 is 44.2 Å². The summed E-state index contributed by atoms with van der Waals surface area (Å²) in [4.78, 5) is 26.6. The van der Waals surface area contributed by atoms with Gasteiger partial charge in [-0.05, 0) is 34.8 Å². The van der Waals surface area contributed by atoms with Gasteiger partial charge >= 0.3 is 0 Å². The average molecular weight is 555 g/mol. The van der Waals surface area contributed by atoms with Gasteiger partial charge < -0.3 is 10.6 Å². The second-order valence-corrected chi connectivity index (χ2v) is 12.9. The molecule has 0 bridgehead atoms. The first-order chi connectivity index (χ1) is 19.0. The number of sulfone groups is 1. The summed E-state index contributed by atoms with van der Waals surface area (Å²) in [5.74, 6) is -0.800. The molecule has 2 N–H and O–H groups in total. The van der Waals surface area contributed by atoms with Crippen LogP contribution in [0.3, 0.4) is 0 Å². The molecule has 0 fully saturated rings. The van der Waals surface area contributed by atoms with Gasteiger partial charge in [-0.1, -0.05) is 106 Å². The summed E-state index contributed by atoms with van der Waals surface area (Å²) in [5.41, 5.74) is 1.82. The van der Waals surface area contributed by atoms with Crippen LogP contribution in [0, 0.1) is 5.41 Å². The maximum atomic E-state index is 13.6. The molecule has 206 valence electrons. The smallest absolute Gasteiger partial charge is 0.247 e. The van der Waals surface area contributed by atoms with Crippen LogP contribution in [0.4, 0.5) is 5.69 Å². The van der Waals surface area contributed by atoms with Crippen LogP contribution in [0.5, 0.6) is 0 Å². The number of nitrogens with one attached hydrogen (secondary N) is 2. The van der Waals surface area contributed by atoms with Crippen LogP contribution in [0.2, 0.25) is 0 Å². The van der Waals surface area contributed by atoms with Crippen molar-refractivity contribution < 1.29 is 18.0 Å². The molecule has 7 heteroatoms. The number of benzene rings is 4. The zero-order valence-electron chi connectivity index (χ0n) is 22.9. The Labute approximate surface area is 236 Å². The van der Waals surface area contributed by atoms with Gasteiger partial charge in [0.25, 0.3) is 0 Å². The van der Waals surface area contributed by atoms with Crippen LogP contribution >= 0.6 is 0 Å². The minimum absolute atomic E-state index is 0.00260. The highest BCUT2D eigenvalue weighted by molar-refractivity contribution is 7.91. The van der Waals surface area contributed by atoms with Crippen molar-refractivity contribution in [3.05, 3.63) is 114 Å². The highest BCUT2D eigenvalue weighted by Gasteiger charge is 2.26. The molecule has 0 aliphatic rings. The number of carbonyl (C=O) groups excluding carboxylic acids is 2. The molecule has 0 aromatic heterocycles. The van der Waals surface area contributed by atoms with Gasteiger partial charge in [0.05, 0.1) is 10.6 Å². The Morgan fingerprint density at radius 1 is 0.800 bits per heavy atom. The summed E-state index contributed by atoms with van der Waals surface area (Å²) in [6.07, 6.45) is 3.38. The molecule has 0 heterocycles. The number of hydrogen-bond acceptors (Lipinski definition) is 4. The third-order valence-electron chi connectivity index (χ3n) is 6.24. The van der Waals surface area contributed by atoms with E-state index in [1.165, 1.54) is 6.08 Å². The first-order valence-electron chi connectivity index (χ1n) is 13.1. The number of hydrogen-bond donors (Lipinski definition) is 2. The van der Waals surface area contributed by atoms with Crippen LogP contribution < -0.4 is 10.6 Å². The summed E-state index contributed by atoms with van der Waals surface area (Å²) in [5, 5.41) is 6.92. The molecule has 0 unspecified atom stereocenters. The normalized spacial score (nSPS) is 12.8. The molecular formula is C33H34N2O4S. The van der Waals surface area contributed by atoms with E-state index in [1.807, 2.05) is 81.4 Å². The second kappa shape index (κ2) is 12.3. The van der Waals surface area contributed by atoms with E-state index in [0.29, 0.717) is 16.5 Å². The van der Waals surface area contributed by atoms with Crippen LogP contribution in [-0.2, 0) is 25.8 Å². The van der Waals surface area contributed by atoms with Crippen molar-refractivity contribution in [2.24, 2.45) is 5.41 Å². The van der Waals surface area contributed by atoms with E-state index < -0.39 is 33.1 Å². The number of amides is 2. The van der Waals surface area contributed by atoms with Crippen molar-refractivity contribution in [3.63, 3.8) is 0 Å². The quantitative estimate of drug-likeness (QED) is 0.247. The molecule has 6 nitrogen and oxygen atoms in total. The predicted molar refractivity (Wildman–Crippen MR) is 162 cm³/mol. The SMILES string of the molecule is CC(C)(C)CS(=O)(=O)c1cccc2c(NC(=O)[C@H](Cc3ccccc3)NC(=O)/C=C/c3ccccc3)cccc12. The largest absolute Gasteiger partial charge is 0.340 e. The van der Waals surface area contributed by atoms with Gasteiger partial charge in [0.2, 0.25) is 11.8 Å². The number of rotatable bonds is 9.